The fourth-order valence-electron chi connectivity index (χ4n) is 1.47. The van der Waals surface area contributed by atoms with E-state index in [2.05, 4.69) is 17.6 Å². The number of nitrogens with zero attached hydrogens (tertiary/aromatic N) is 1. The molecule has 4 nitrogen and oxygen atoms in total. The first-order chi connectivity index (χ1) is 6.11. The van der Waals surface area contributed by atoms with Crippen molar-refractivity contribution >= 4 is 6.03 Å². The Hall–Kier alpha value is -0.770. The lowest BCUT2D eigenvalue weighted by Gasteiger charge is -2.34. The summed E-state index contributed by atoms with van der Waals surface area (Å²) in [7, 11) is 0. The van der Waals surface area contributed by atoms with Crippen LogP contribution < -0.4 is 10.6 Å². The maximum atomic E-state index is 11.6. The summed E-state index contributed by atoms with van der Waals surface area (Å²) in [6.07, 6.45) is 0. The van der Waals surface area contributed by atoms with E-state index in [1.54, 1.807) is 0 Å². The van der Waals surface area contributed by atoms with Gasteiger partial charge in [0.25, 0.3) is 0 Å². The molecule has 0 saturated carbocycles. The molecule has 1 aliphatic rings. The lowest BCUT2D eigenvalue weighted by atomic mass is 10.2. The van der Waals surface area contributed by atoms with E-state index in [0.29, 0.717) is 6.04 Å². The highest BCUT2D eigenvalue weighted by Gasteiger charge is 2.22. The molecule has 0 aromatic heterocycles. The summed E-state index contributed by atoms with van der Waals surface area (Å²) >= 11 is 0. The number of rotatable bonds is 1. The summed E-state index contributed by atoms with van der Waals surface area (Å²) in [4.78, 5) is 13.5. The molecule has 0 bridgehead atoms. The number of nitrogens with one attached hydrogen (secondary N) is 2. The summed E-state index contributed by atoms with van der Waals surface area (Å²) in [6.45, 7) is 8.61. The van der Waals surface area contributed by atoms with Gasteiger partial charge in [0.2, 0.25) is 0 Å². The predicted molar refractivity (Wildman–Crippen MR) is 52.7 cm³/mol. The minimum absolute atomic E-state index is 0.0593. The molecule has 13 heavy (non-hydrogen) atoms. The van der Waals surface area contributed by atoms with E-state index in [-0.39, 0.29) is 12.1 Å². The lowest BCUT2D eigenvalue weighted by molar-refractivity contribution is 0.162. The molecule has 4 heteroatoms. The Morgan fingerprint density at radius 1 is 1.62 bits per heavy atom. The highest BCUT2D eigenvalue weighted by molar-refractivity contribution is 5.74. The van der Waals surface area contributed by atoms with Gasteiger partial charge in [-0.2, -0.15) is 0 Å². The van der Waals surface area contributed by atoms with E-state index < -0.39 is 0 Å². The molecular weight excluding hydrogens is 166 g/mol. The van der Waals surface area contributed by atoms with Crippen LogP contribution in [-0.2, 0) is 0 Å². The largest absolute Gasteiger partial charge is 0.336 e. The molecule has 2 N–H and O–H groups in total. The first-order valence-electron chi connectivity index (χ1n) is 4.89. The number of urea groups is 1. The van der Waals surface area contributed by atoms with Crippen LogP contribution in [-0.4, -0.2) is 42.6 Å². The molecular formula is C9H19N3O. The van der Waals surface area contributed by atoms with Crippen LogP contribution in [0.3, 0.4) is 0 Å². The molecule has 1 aliphatic heterocycles. The Labute approximate surface area is 79.7 Å². The molecule has 0 aromatic carbocycles. The zero-order valence-corrected chi connectivity index (χ0v) is 8.63. The standard InChI is InChI=1S/C9H19N3O/c1-7(2)11-9(13)12-5-4-10-6-8(12)3/h7-8,10H,4-6H2,1-3H3,(H,11,13)/t8-/m1/s1. The summed E-state index contributed by atoms with van der Waals surface area (Å²) in [5.74, 6) is 0. The number of hydrogen-bond acceptors (Lipinski definition) is 2. The van der Waals surface area contributed by atoms with Gasteiger partial charge in [-0.05, 0) is 20.8 Å². The third kappa shape index (κ3) is 2.88. The summed E-state index contributed by atoms with van der Waals surface area (Å²) in [6, 6.07) is 0.575. The second kappa shape index (κ2) is 4.46. The maximum absolute atomic E-state index is 11.6. The van der Waals surface area contributed by atoms with Crippen LogP contribution in [0.15, 0.2) is 0 Å². The third-order valence-electron chi connectivity index (χ3n) is 2.17. The Bertz CT molecular complexity index is 182. The second-order valence-electron chi connectivity index (χ2n) is 3.85. The molecule has 0 aromatic rings. The fraction of sp³-hybridized carbons (Fsp3) is 0.889. The van der Waals surface area contributed by atoms with Crippen LogP contribution in [0.25, 0.3) is 0 Å². The zero-order chi connectivity index (χ0) is 9.84. The van der Waals surface area contributed by atoms with Crippen LogP contribution in [0.1, 0.15) is 20.8 Å². The Morgan fingerprint density at radius 3 is 2.85 bits per heavy atom. The molecule has 1 fully saturated rings. The molecule has 0 spiro atoms. The van der Waals surface area contributed by atoms with Crippen LogP contribution in [0.5, 0.6) is 0 Å². The van der Waals surface area contributed by atoms with Crippen molar-refractivity contribution in [1.29, 1.82) is 0 Å². The Kier molecular flexibility index (Phi) is 3.54. The van der Waals surface area contributed by atoms with E-state index in [9.17, 15) is 4.79 Å². The fourth-order valence-corrected chi connectivity index (χ4v) is 1.47. The van der Waals surface area contributed by atoms with Crippen molar-refractivity contribution < 1.29 is 4.79 Å². The number of carbonyl (C=O) groups excluding carboxylic acids is 1. The van der Waals surface area contributed by atoms with E-state index in [4.69, 9.17) is 0 Å². The van der Waals surface area contributed by atoms with Gasteiger partial charge in [-0.3, -0.25) is 0 Å². The highest BCUT2D eigenvalue weighted by Crippen LogP contribution is 2.02. The first kappa shape index (κ1) is 10.3. The Morgan fingerprint density at radius 2 is 2.31 bits per heavy atom. The van der Waals surface area contributed by atoms with E-state index >= 15 is 0 Å². The minimum atomic E-state index is 0.0593. The van der Waals surface area contributed by atoms with E-state index in [1.165, 1.54) is 0 Å². The van der Waals surface area contributed by atoms with Crippen molar-refractivity contribution in [3.8, 4) is 0 Å². The summed E-state index contributed by atoms with van der Waals surface area (Å²) in [5, 5.41) is 6.15. The van der Waals surface area contributed by atoms with Crippen LogP contribution in [0.2, 0.25) is 0 Å². The van der Waals surface area contributed by atoms with Crippen molar-refractivity contribution in [3.05, 3.63) is 0 Å². The minimum Gasteiger partial charge on any atom is -0.336 e. The monoisotopic (exact) mass is 185 g/mol. The van der Waals surface area contributed by atoms with Gasteiger partial charge in [0.15, 0.2) is 0 Å². The quantitative estimate of drug-likeness (QED) is 0.621. The lowest BCUT2D eigenvalue weighted by Crippen LogP contribution is -2.56. The van der Waals surface area contributed by atoms with Crippen LogP contribution in [0, 0.1) is 0 Å². The molecule has 0 unspecified atom stereocenters. The zero-order valence-electron chi connectivity index (χ0n) is 8.63. The average molecular weight is 185 g/mol. The SMILES string of the molecule is CC(C)NC(=O)N1CCNC[C@H]1C. The number of amides is 2. The van der Waals surface area contributed by atoms with Gasteiger partial charge in [0, 0.05) is 31.7 Å². The molecule has 76 valence electrons. The highest BCUT2D eigenvalue weighted by atomic mass is 16.2. The topological polar surface area (TPSA) is 44.4 Å². The van der Waals surface area contributed by atoms with Crippen molar-refractivity contribution in [1.82, 2.24) is 15.5 Å². The van der Waals surface area contributed by atoms with Gasteiger partial charge in [-0.15, -0.1) is 0 Å². The molecule has 1 rings (SSSR count). The van der Waals surface area contributed by atoms with Gasteiger partial charge in [0.05, 0.1) is 0 Å². The molecule has 1 atom stereocenters. The maximum Gasteiger partial charge on any atom is 0.317 e. The molecule has 2 amide bonds. The van der Waals surface area contributed by atoms with Gasteiger partial charge < -0.3 is 15.5 Å². The first-order valence-corrected chi connectivity index (χ1v) is 4.89. The van der Waals surface area contributed by atoms with E-state index in [1.807, 2.05) is 18.7 Å². The molecule has 1 saturated heterocycles. The van der Waals surface area contributed by atoms with Crippen molar-refractivity contribution in [2.45, 2.75) is 32.9 Å². The number of piperazine rings is 1. The van der Waals surface area contributed by atoms with Crippen molar-refractivity contribution in [2.24, 2.45) is 0 Å². The third-order valence-corrected chi connectivity index (χ3v) is 2.17. The predicted octanol–water partition coefficient (Wildman–Crippen LogP) is 0.398. The van der Waals surface area contributed by atoms with Crippen molar-refractivity contribution in [3.63, 3.8) is 0 Å². The van der Waals surface area contributed by atoms with Crippen molar-refractivity contribution in [2.75, 3.05) is 19.6 Å². The van der Waals surface area contributed by atoms with Gasteiger partial charge >= 0.3 is 6.03 Å². The van der Waals surface area contributed by atoms with Gasteiger partial charge in [0.1, 0.15) is 0 Å². The molecule has 0 radical (unpaired) electrons. The molecule has 1 heterocycles. The second-order valence-corrected chi connectivity index (χ2v) is 3.85. The summed E-state index contributed by atoms with van der Waals surface area (Å²) < 4.78 is 0. The smallest absolute Gasteiger partial charge is 0.317 e. The van der Waals surface area contributed by atoms with E-state index in [0.717, 1.165) is 19.6 Å². The number of hydrogen-bond donors (Lipinski definition) is 2. The number of carbonyl (C=O) groups is 1. The average Bonchev–Trinajstić information content (AvgIpc) is 2.03. The van der Waals surface area contributed by atoms with Gasteiger partial charge in [-0.1, -0.05) is 0 Å². The van der Waals surface area contributed by atoms with Crippen LogP contribution in [0.4, 0.5) is 4.79 Å². The van der Waals surface area contributed by atoms with Crippen LogP contribution >= 0.6 is 0 Å². The van der Waals surface area contributed by atoms with Gasteiger partial charge in [-0.25, -0.2) is 4.79 Å². The molecule has 0 aliphatic carbocycles. The normalized spacial score (nSPS) is 23.4. The Balaban J connectivity index is 2.44. The summed E-state index contributed by atoms with van der Waals surface area (Å²) in [5.41, 5.74) is 0.